The van der Waals surface area contributed by atoms with Crippen molar-refractivity contribution in [1.82, 2.24) is 9.62 Å². The molecular weight excluding hydrogens is 457 g/mol. The molecule has 2 aromatic carbocycles. The summed E-state index contributed by atoms with van der Waals surface area (Å²) in [6, 6.07) is 7.10. The number of sulfonamides is 1. The third-order valence-electron chi connectivity index (χ3n) is 5.14. The minimum atomic E-state index is -4.18. The summed E-state index contributed by atoms with van der Waals surface area (Å²) in [7, 11) is -4.18. The number of nitrogens with one attached hydrogen (secondary N) is 1. The van der Waals surface area contributed by atoms with E-state index in [-0.39, 0.29) is 43.8 Å². The van der Waals surface area contributed by atoms with Gasteiger partial charge in [-0.3, -0.25) is 4.79 Å². The van der Waals surface area contributed by atoms with Crippen LogP contribution in [0.25, 0.3) is 0 Å². The highest BCUT2D eigenvalue weighted by Gasteiger charge is 2.34. The topological polar surface area (TPSA) is 66.5 Å². The van der Waals surface area contributed by atoms with Crippen LogP contribution in [0.3, 0.4) is 0 Å². The van der Waals surface area contributed by atoms with Crippen LogP contribution in [-0.4, -0.2) is 31.7 Å². The van der Waals surface area contributed by atoms with Gasteiger partial charge in [-0.05, 0) is 55.7 Å². The maximum absolute atomic E-state index is 13.9. The molecule has 0 bridgehead atoms. The van der Waals surface area contributed by atoms with Gasteiger partial charge in [0.05, 0.1) is 16.1 Å². The van der Waals surface area contributed by atoms with Crippen LogP contribution in [0.2, 0.25) is 10.0 Å². The molecule has 5 nitrogen and oxygen atoms in total. The number of nitrogens with zero attached hydrogens (tertiary/aromatic N) is 1. The molecule has 1 N–H and O–H groups in total. The van der Waals surface area contributed by atoms with Crippen molar-refractivity contribution in [3.05, 3.63) is 63.6 Å². The number of rotatable bonds is 5. The van der Waals surface area contributed by atoms with Crippen molar-refractivity contribution in [2.45, 2.75) is 30.7 Å². The van der Waals surface area contributed by atoms with Crippen LogP contribution in [0, 0.1) is 17.6 Å². The largest absolute Gasteiger partial charge is 0.349 e. The van der Waals surface area contributed by atoms with Gasteiger partial charge in [-0.1, -0.05) is 29.3 Å². The van der Waals surface area contributed by atoms with Gasteiger partial charge in [0.2, 0.25) is 15.9 Å². The fourth-order valence-electron chi connectivity index (χ4n) is 3.37. The first-order valence-electron chi connectivity index (χ1n) is 9.30. The van der Waals surface area contributed by atoms with E-state index < -0.39 is 26.6 Å². The van der Waals surface area contributed by atoms with E-state index in [9.17, 15) is 22.0 Å². The normalized spacial score (nSPS) is 17.0. The van der Waals surface area contributed by atoms with Crippen molar-refractivity contribution in [3.63, 3.8) is 0 Å². The fraction of sp³-hybridized carbons (Fsp3) is 0.350. The summed E-state index contributed by atoms with van der Waals surface area (Å²) >= 11 is 11.9. The van der Waals surface area contributed by atoms with Gasteiger partial charge in [-0.25, -0.2) is 17.2 Å². The zero-order chi connectivity index (χ0) is 22.1. The molecule has 10 heteroatoms. The van der Waals surface area contributed by atoms with Crippen LogP contribution in [-0.2, 0) is 14.8 Å². The van der Waals surface area contributed by atoms with Crippen LogP contribution in [0.4, 0.5) is 8.78 Å². The Balaban J connectivity index is 1.62. The number of halogens is 4. The highest BCUT2D eigenvalue weighted by molar-refractivity contribution is 7.89. The second kappa shape index (κ2) is 9.18. The third kappa shape index (κ3) is 4.94. The second-order valence-electron chi connectivity index (χ2n) is 7.16. The van der Waals surface area contributed by atoms with Crippen LogP contribution in [0.5, 0.6) is 0 Å². The Hall–Kier alpha value is -1.74. The first-order valence-corrected chi connectivity index (χ1v) is 11.5. The smallest absolute Gasteiger partial charge is 0.246 e. The van der Waals surface area contributed by atoms with E-state index in [1.165, 1.54) is 0 Å². The average Bonchev–Trinajstić information content (AvgIpc) is 2.71. The van der Waals surface area contributed by atoms with Gasteiger partial charge in [-0.2, -0.15) is 4.31 Å². The number of benzene rings is 2. The molecule has 0 aliphatic carbocycles. The predicted molar refractivity (Wildman–Crippen MR) is 111 cm³/mol. The zero-order valence-electron chi connectivity index (χ0n) is 16.0. The summed E-state index contributed by atoms with van der Waals surface area (Å²) in [6.45, 7) is 1.89. The molecule has 1 saturated heterocycles. The number of amides is 1. The first-order chi connectivity index (χ1) is 14.1. The Kier molecular flexibility index (Phi) is 7.02. The molecule has 1 aliphatic heterocycles. The van der Waals surface area contributed by atoms with Crippen LogP contribution in [0.15, 0.2) is 41.3 Å². The summed E-state index contributed by atoms with van der Waals surface area (Å²) in [4.78, 5) is 11.9. The molecule has 2 aromatic rings. The summed E-state index contributed by atoms with van der Waals surface area (Å²) in [6.07, 6.45) is 0.548. The molecule has 1 unspecified atom stereocenters. The molecule has 0 radical (unpaired) electrons. The van der Waals surface area contributed by atoms with E-state index in [1.807, 2.05) is 6.92 Å². The maximum atomic E-state index is 13.9. The molecule has 0 aromatic heterocycles. The number of hydrogen-bond donors (Lipinski definition) is 1. The Bertz CT molecular complexity index is 1060. The Morgan fingerprint density at radius 2 is 1.77 bits per heavy atom. The van der Waals surface area contributed by atoms with Gasteiger partial charge in [0.15, 0.2) is 0 Å². The molecule has 1 aliphatic rings. The van der Waals surface area contributed by atoms with E-state index in [0.29, 0.717) is 16.1 Å². The SMILES string of the molecule is CC(NC(=O)C1CCN(S(=O)(=O)c2cc(F)ccc2F)CC1)c1ccc(Cl)c(Cl)c1. The van der Waals surface area contributed by atoms with Gasteiger partial charge in [0, 0.05) is 19.0 Å². The number of carbonyl (C=O) groups is 1. The first kappa shape index (κ1) is 22.9. The van der Waals surface area contributed by atoms with Gasteiger partial charge in [0.1, 0.15) is 16.5 Å². The van der Waals surface area contributed by atoms with E-state index in [1.54, 1.807) is 18.2 Å². The molecular formula is C20H20Cl2F2N2O3S. The maximum Gasteiger partial charge on any atom is 0.246 e. The zero-order valence-corrected chi connectivity index (χ0v) is 18.4. The lowest BCUT2D eigenvalue weighted by Crippen LogP contribution is -2.43. The highest BCUT2D eigenvalue weighted by atomic mass is 35.5. The molecule has 0 saturated carbocycles. The van der Waals surface area contributed by atoms with Crippen molar-refractivity contribution >= 4 is 39.1 Å². The lowest BCUT2D eigenvalue weighted by molar-refractivity contribution is -0.126. The molecule has 1 heterocycles. The van der Waals surface area contributed by atoms with E-state index in [4.69, 9.17) is 23.2 Å². The van der Waals surface area contributed by atoms with Gasteiger partial charge < -0.3 is 5.32 Å². The summed E-state index contributed by atoms with van der Waals surface area (Å²) < 4.78 is 53.7. The Labute approximate surface area is 184 Å². The van der Waals surface area contributed by atoms with E-state index >= 15 is 0 Å². The van der Waals surface area contributed by atoms with Crippen LogP contribution in [0.1, 0.15) is 31.4 Å². The molecule has 3 rings (SSSR count). The van der Waals surface area contributed by atoms with Crippen molar-refractivity contribution in [3.8, 4) is 0 Å². The highest BCUT2D eigenvalue weighted by Crippen LogP contribution is 2.28. The monoisotopic (exact) mass is 476 g/mol. The molecule has 1 amide bonds. The summed E-state index contributed by atoms with van der Waals surface area (Å²) in [5.41, 5.74) is 0.791. The third-order valence-corrected chi connectivity index (χ3v) is 7.79. The lowest BCUT2D eigenvalue weighted by atomic mass is 9.96. The van der Waals surface area contributed by atoms with Crippen molar-refractivity contribution in [1.29, 1.82) is 0 Å². The van der Waals surface area contributed by atoms with E-state index in [2.05, 4.69) is 5.32 Å². The van der Waals surface area contributed by atoms with Crippen molar-refractivity contribution < 1.29 is 22.0 Å². The van der Waals surface area contributed by atoms with Crippen molar-refractivity contribution in [2.75, 3.05) is 13.1 Å². The van der Waals surface area contributed by atoms with Gasteiger partial charge in [0.25, 0.3) is 0 Å². The minimum Gasteiger partial charge on any atom is -0.349 e. The Morgan fingerprint density at radius 1 is 1.10 bits per heavy atom. The summed E-state index contributed by atoms with van der Waals surface area (Å²) in [5.74, 6) is -2.44. The molecule has 1 fully saturated rings. The lowest BCUT2D eigenvalue weighted by Gasteiger charge is -2.31. The minimum absolute atomic E-state index is 0.0392. The van der Waals surface area contributed by atoms with Gasteiger partial charge in [-0.15, -0.1) is 0 Å². The average molecular weight is 477 g/mol. The number of carbonyl (C=O) groups excluding carboxylic acids is 1. The summed E-state index contributed by atoms with van der Waals surface area (Å²) in [5, 5.41) is 3.70. The number of hydrogen-bond acceptors (Lipinski definition) is 3. The standard InChI is InChI=1S/C20H20Cl2F2N2O3S/c1-12(14-2-4-16(21)17(22)10-14)25-20(27)13-6-8-26(9-7-13)30(28,29)19-11-15(23)3-5-18(19)24/h2-5,10-13H,6-9H2,1H3,(H,25,27). The Morgan fingerprint density at radius 3 is 2.40 bits per heavy atom. The fourth-order valence-corrected chi connectivity index (χ4v) is 5.22. The molecule has 1 atom stereocenters. The molecule has 0 spiro atoms. The van der Waals surface area contributed by atoms with Crippen LogP contribution < -0.4 is 5.32 Å². The number of piperidine rings is 1. The van der Waals surface area contributed by atoms with Gasteiger partial charge >= 0.3 is 0 Å². The second-order valence-corrected chi connectivity index (χ2v) is 9.88. The predicted octanol–water partition coefficient (Wildman–Crippen LogP) is 4.55. The molecule has 30 heavy (non-hydrogen) atoms. The molecule has 162 valence electrons. The van der Waals surface area contributed by atoms with Crippen molar-refractivity contribution in [2.24, 2.45) is 5.92 Å². The van der Waals surface area contributed by atoms with E-state index in [0.717, 1.165) is 22.0 Å². The quantitative estimate of drug-likeness (QED) is 0.688. The van der Waals surface area contributed by atoms with Crippen LogP contribution >= 0.6 is 23.2 Å².